The maximum atomic E-state index is 5.73. The lowest BCUT2D eigenvalue weighted by Gasteiger charge is -2.07. The van der Waals surface area contributed by atoms with E-state index in [-0.39, 0.29) is 0 Å². The summed E-state index contributed by atoms with van der Waals surface area (Å²) in [5.41, 5.74) is 1.60. The first kappa shape index (κ1) is 11.9. The first-order chi connectivity index (χ1) is 9.36. The second kappa shape index (κ2) is 5.20. The van der Waals surface area contributed by atoms with Gasteiger partial charge in [-0.1, -0.05) is 6.07 Å². The van der Waals surface area contributed by atoms with Crippen LogP contribution in [0.3, 0.4) is 0 Å². The molecule has 2 heterocycles. The van der Waals surface area contributed by atoms with E-state index in [9.17, 15) is 0 Å². The Morgan fingerprint density at radius 2 is 1.95 bits per heavy atom. The number of fused-ring (bicyclic) bond motifs is 1. The van der Waals surface area contributed by atoms with Gasteiger partial charge in [0.15, 0.2) is 0 Å². The summed E-state index contributed by atoms with van der Waals surface area (Å²) in [6, 6.07) is 13.1. The first-order valence-corrected chi connectivity index (χ1v) is 6.30. The molecule has 0 spiro atoms. The quantitative estimate of drug-likeness (QED) is 0.684. The highest BCUT2D eigenvalue weighted by atomic mass is 35.5. The van der Waals surface area contributed by atoms with E-state index in [1.165, 1.54) is 0 Å². The van der Waals surface area contributed by atoms with Crippen molar-refractivity contribution in [3.05, 3.63) is 54.4 Å². The summed E-state index contributed by atoms with van der Waals surface area (Å²) in [6.45, 7) is 0. The van der Waals surface area contributed by atoms with Gasteiger partial charge in [-0.05, 0) is 30.3 Å². The zero-order valence-corrected chi connectivity index (χ0v) is 10.7. The summed E-state index contributed by atoms with van der Waals surface area (Å²) < 4.78 is 5.73. The van der Waals surface area contributed by atoms with Crippen LogP contribution in [0.15, 0.2) is 48.7 Å². The molecule has 0 aliphatic carbocycles. The Hall–Kier alpha value is -2.20. The zero-order valence-electron chi connectivity index (χ0n) is 9.95. The van der Waals surface area contributed by atoms with Crippen molar-refractivity contribution in [3.63, 3.8) is 0 Å². The lowest BCUT2D eigenvalue weighted by Crippen LogP contribution is -1.94. The monoisotopic (exact) mass is 271 g/mol. The molecule has 19 heavy (non-hydrogen) atoms. The lowest BCUT2D eigenvalue weighted by atomic mass is 10.2. The van der Waals surface area contributed by atoms with E-state index in [2.05, 4.69) is 15.2 Å². The summed E-state index contributed by atoms with van der Waals surface area (Å²) in [5.74, 6) is 1.48. The van der Waals surface area contributed by atoms with Gasteiger partial charge in [-0.3, -0.25) is 4.98 Å². The molecule has 0 saturated carbocycles. The van der Waals surface area contributed by atoms with E-state index >= 15 is 0 Å². The molecule has 5 heteroatoms. The number of hydrogen-bond donors (Lipinski definition) is 0. The predicted molar refractivity (Wildman–Crippen MR) is 73.4 cm³/mol. The Bertz CT molecular complexity index is 695. The van der Waals surface area contributed by atoms with Crippen LogP contribution in [0.25, 0.3) is 10.9 Å². The van der Waals surface area contributed by atoms with Crippen LogP contribution in [0.1, 0.15) is 5.69 Å². The second-order valence-electron chi connectivity index (χ2n) is 3.92. The van der Waals surface area contributed by atoms with E-state index in [4.69, 9.17) is 16.3 Å². The number of aromatic nitrogens is 3. The number of pyridine rings is 1. The Morgan fingerprint density at radius 1 is 1.00 bits per heavy atom. The minimum absolute atomic E-state index is 0.339. The highest BCUT2D eigenvalue weighted by molar-refractivity contribution is 6.16. The second-order valence-corrected chi connectivity index (χ2v) is 4.19. The Morgan fingerprint density at radius 3 is 2.74 bits per heavy atom. The van der Waals surface area contributed by atoms with E-state index in [0.717, 1.165) is 10.9 Å². The fourth-order valence-corrected chi connectivity index (χ4v) is 1.89. The third-order valence-corrected chi connectivity index (χ3v) is 2.93. The SMILES string of the molecule is ClCc1ccc(Oc2cccc3ncccc23)nn1. The van der Waals surface area contributed by atoms with Crippen LogP contribution in [0.4, 0.5) is 0 Å². The smallest absolute Gasteiger partial charge is 0.238 e. The number of hydrogen-bond acceptors (Lipinski definition) is 4. The Labute approximate surface area is 115 Å². The van der Waals surface area contributed by atoms with Crippen LogP contribution < -0.4 is 4.74 Å². The normalized spacial score (nSPS) is 10.6. The summed E-state index contributed by atoms with van der Waals surface area (Å²) in [5, 5.41) is 8.86. The third-order valence-electron chi connectivity index (χ3n) is 2.65. The van der Waals surface area contributed by atoms with Crippen LogP contribution >= 0.6 is 11.6 Å². The van der Waals surface area contributed by atoms with Crippen molar-refractivity contribution in [2.45, 2.75) is 5.88 Å². The number of ether oxygens (including phenoxy) is 1. The molecule has 0 atom stereocenters. The highest BCUT2D eigenvalue weighted by Crippen LogP contribution is 2.27. The molecule has 4 nitrogen and oxygen atoms in total. The number of nitrogens with zero attached hydrogens (tertiary/aromatic N) is 3. The van der Waals surface area contributed by atoms with Gasteiger partial charge in [0.2, 0.25) is 5.88 Å². The number of benzene rings is 1. The summed E-state index contributed by atoms with van der Waals surface area (Å²) >= 11 is 5.67. The van der Waals surface area contributed by atoms with E-state index < -0.39 is 0 Å². The van der Waals surface area contributed by atoms with Crippen molar-refractivity contribution in [1.29, 1.82) is 0 Å². The van der Waals surface area contributed by atoms with Crippen LogP contribution in [0, 0.1) is 0 Å². The Kier molecular flexibility index (Phi) is 3.25. The molecule has 94 valence electrons. The number of alkyl halides is 1. The molecular formula is C14H10ClN3O. The maximum Gasteiger partial charge on any atom is 0.238 e. The molecule has 0 aliphatic heterocycles. The molecular weight excluding hydrogens is 262 g/mol. The summed E-state index contributed by atoms with van der Waals surface area (Å²) in [6.07, 6.45) is 1.75. The highest BCUT2D eigenvalue weighted by Gasteiger charge is 2.05. The molecule has 1 aromatic carbocycles. The van der Waals surface area contributed by atoms with Crippen molar-refractivity contribution in [1.82, 2.24) is 15.2 Å². The Balaban J connectivity index is 1.96. The predicted octanol–water partition coefficient (Wildman–Crippen LogP) is 3.56. The number of halogens is 1. The van der Waals surface area contributed by atoms with Gasteiger partial charge in [0, 0.05) is 17.6 Å². The molecule has 3 aromatic rings. The van der Waals surface area contributed by atoms with Crippen molar-refractivity contribution < 1.29 is 4.74 Å². The third kappa shape index (κ3) is 2.48. The molecule has 0 radical (unpaired) electrons. The van der Waals surface area contributed by atoms with Crippen LogP contribution in [-0.2, 0) is 5.88 Å². The minimum atomic E-state index is 0.339. The minimum Gasteiger partial charge on any atom is -0.437 e. The van der Waals surface area contributed by atoms with Gasteiger partial charge in [-0.15, -0.1) is 16.7 Å². The summed E-state index contributed by atoms with van der Waals surface area (Å²) in [4.78, 5) is 4.28. The van der Waals surface area contributed by atoms with Gasteiger partial charge >= 0.3 is 0 Å². The van der Waals surface area contributed by atoms with E-state index in [0.29, 0.717) is 23.2 Å². The van der Waals surface area contributed by atoms with Gasteiger partial charge in [0.25, 0.3) is 0 Å². The molecule has 0 unspecified atom stereocenters. The molecule has 0 amide bonds. The van der Waals surface area contributed by atoms with Crippen LogP contribution in [-0.4, -0.2) is 15.2 Å². The molecule has 0 bridgehead atoms. The van der Waals surface area contributed by atoms with Gasteiger partial charge in [0.1, 0.15) is 5.75 Å². The van der Waals surface area contributed by atoms with Crippen LogP contribution in [0.2, 0.25) is 0 Å². The molecule has 0 saturated heterocycles. The fourth-order valence-electron chi connectivity index (χ4n) is 1.75. The topological polar surface area (TPSA) is 47.9 Å². The average Bonchev–Trinajstić information content (AvgIpc) is 2.48. The van der Waals surface area contributed by atoms with E-state index in [1.807, 2.05) is 30.3 Å². The largest absolute Gasteiger partial charge is 0.437 e. The van der Waals surface area contributed by atoms with Crippen molar-refractivity contribution in [2.75, 3.05) is 0 Å². The summed E-state index contributed by atoms with van der Waals surface area (Å²) in [7, 11) is 0. The molecule has 3 rings (SSSR count). The van der Waals surface area contributed by atoms with E-state index in [1.54, 1.807) is 18.3 Å². The van der Waals surface area contributed by atoms with Gasteiger partial charge in [-0.2, -0.15) is 5.10 Å². The molecule has 2 aromatic heterocycles. The van der Waals surface area contributed by atoms with Crippen molar-refractivity contribution >= 4 is 22.5 Å². The first-order valence-electron chi connectivity index (χ1n) is 5.77. The van der Waals surface area contributed by atoms with Crippen molar-refractivity contribution in [2.24, 2.45) is 0 Å². The standard InChI is InChI=1S/C14H10ClN3O/c15-9-10-6-7-14(18-17-10)19-13-5-1-4-12-11(13)3-2-8-16-12/h1-8H,9H2. The van der Waals surface area contributed by atoms with Gasteiger partial charge < -0.3 is 4.74 Å². The molecule has 0 aliphatic rings. The maximum absolute atomic E-state index is 5.73. The molecule has 0 N–H and O–H groups in total. The van der Waals surface area contributed by atoms with Crippen molar-refractivity contribution in [3.8, 4) is 11.6 Å². The lowest BCUT2D eigenvalue weighted by molar-refractivity contribution is 0.459. The number of rotatable bonds is 3. The fraction of sp³-hybridized carbons (Fsp3) is 0.0714. The van der Waals surface area contributed by atoms with Crippen LogP contribution in [0.5, 0.6) is 11.6 Å². The average molecular weight is 272 g/mol. The van der Waals surface area contributed by atoms with Gasteiger partial charge in [-0.25, -0.2) is 0 Å². The van der Waals surface area contributed by atoms with Gasteiger partial charge in [0.05, 0.1) is 17.1 Å². The molecule has 0 fully saturated rings. The zero-order chi connectivity index (χ0) is 13.1.